The Morgan fingerprint density at radius 3 is 2.42 bits per heavy atom. The summed E-state index contributed by atoms with van der Waals surface area (Å²) in [6, 6.07) is 10.2. The summed E-state index contributed by atoms with van der Waals surface area (Å²) in [7, 11) is 0. The highest BCUT2D eigenvalue weighted by Crippen LogP contribution is 2.26. The normalized spacial score (nSPS) is 10.8. The van der Waals surface area contributed by atoms with Crippen molar-refractivity contribution < 1.29 is 22.8 Å². The van der Waals surface area contributed by atoms with Crippen molar-refractivity contribution in [3.8, 4) is 16.4 Å². The lowest BCUT2D eigenvalue weighted by atomic mass is 10.1. The number of benzene rings is 2. The van der Waals surface area contributed by atoms with E-state index < -0.39 is 40.5 Å². The van der Waals surface area contributed by atoms with Gasteiger partial charge in [-0.25, -0.2) is 22.8 Å². The smallest absolute Gasteiger partial charge is 0.295 e. The number of aromatic nitrogens is 3. The number of nitrogens with one attached hydrogen (secondary N) is 1. The van der Waals surface area contributed by atoms with Gasteiger partial charge in [-0.1, -0.05) is 6.07 Å². The summed E-state index contributed by atoms with van der Waals surface area (Å²) < 4.78 is 42.4. The number of hydrogen-bond donors (Lipinski definition) is 2. The van der Waals surface area contributed by atoms with Crippen molar-refractivity contribution in [2.24, 2.45) is 5.73 Å². The number of carbonyl (C=O) groups excluding carboxylic acids is 2. The van der Waals surface area contributed by atoms with E-state index in [4.69, 9.17) is 5.73 Å². The van der Waals surface area contributed by atoms with Crippen molar-refractivity contribution >= 4 is 28.8 Å². The first kappa shape index (κ1) is 20.3. The minimum atomic E-state index is -1.15. The molecule has 0 saturated carbocycles. The molecule has 2 aromatic heterocycles. The molecule has 2 amide bonds. The molecule has 0 aliphatic carbocycles. The molecule has 11 heteroatoms. The fraction of sp³-hybridized carbons (Fsp3) is 0. The van der Waals surface area contributed by atoms with E-state index in [1.807, 2.05) is 0 Å². The fourth-order valence-corrected chi connectivity index (χ4v) is 3.45. The number of amides is 2. The Labute approximate surface area is 177 Å². The van der Waals surface area contributed by atoms with Crippen LogP contribution in [0.1, 0.15) is 21.0 Å². The van der Waals surface area contributed by atoms with Crippen LogP contribution in [-0.4, -0.2) is 26.6 Å². The van der Waals surface area contributed by atoms with Crippen molar-refractivity contribution in [3.63, 3.8) is 0 Å². The van der Waals surface area contributed by atoms with Gasteiger partial charge in [0.25, 0.3) is 11.8 Å². The van der Waals surface area contributed by atoms with Gasteiger partial charge in [0.1, 0.15) is 17.5 Å². The molecule has 0 atom stereocenters. The number of thiophene rings is 1. The van der Waals surface area contributed by atoms with E-state index in [0.29, 0.717) is 22.5 Å². The van der Waals surface area contributed by atoms with Gasteiger partial charge in [0.15, 0.2) is 5.82 Å². The third kappa shape index (κ3) is 4.03. The topological polar surface area (TPSA) is 103 Å². The average molecular weight is 443 g/mol. The van der Waals surface area contributed by atoms with Crippen molar-refractivity contribution in [2.45, 2.75) is 0 Å². The van der Waals surface area contributed by atoms with E-state index >= 15 is 0 Å². The highest BCUT2D eigenvalue weighted by atomic mass is 32.1. The van der Waals surface area contributed by atoms with Gasteiger partial charge in [-0.3, -0.25) is 9.59 Å². The van der Waals surface area contributed by atoms with Crippen LogP contribution in [0.4, 0.5) is 18.9 Å². The van der Waals surface area contributed by atoms with Gasteiger partial charge in [0, 0.05) is 6.07 Å². The molecule has 0 bridgehead atoms. The van der Waals surface area contributed by atoms with E-state index in [9.17, 15) is 22.8 Å². The molecule has 156 valence electrons. The molecule has 0 aliphatic heterocycles. The van der Waals surface area contributed by atoms with Crippen molar-refractivity contribution in [3.05, 3.63) is 82.8 Å². The van der Waals surface area contributed by atoms with Gasteiger partial charge in [0.2, 0.25) is 5.82 Å². The van der Waals surface area contributed by atoms with Gasteiger partial charge >= 0.3 is 0 Å². The highest BCUT2D eigenvalue weighted by Gasteiger charge is 2.22. The summed E-state index contributed by atoms with van der Waals surface area (Å²) in [6.07, 6.45) is 0. The first-order valence-electron chi connectivity index (χ1n) is 8.70. The number of anilines is 1. The molecule has 0 aliphatic rings. The number of rotatable bonds is 5. The molecule has 2 aromatic carbocycles. The largest absolute Gasteiger partial charge is 0.366 e. The van der Waals surface area contributed by atoms with Gasteiger partial charge in [-0.05, 0) is 41.8 Å². The Bertz CT molecular complexity index is 1290. The SMILES string of the molecule is NC(=O)c1cc(NC(=O)c2nc(-c3cccs3)n(-c3ccc(F)cc3)n2)c(F)cc1F. The summed E-state index contributed by atoms with van der Waals surface area (Å²) in [4.78, 5) is 28.9. The molecule has 0 saturated heterocycles. The van der Waals surface area contributed by atoms with Crippen LogP contribution < -0.4 is 11.1 Å². The molecular formula is C20H12F3N5O2S. The Kier molecular flexibility index (Phi) is 5.26. The molecule has 4 aromatic rings. The molecule has 7 nitrogen and oxygen atoms in total. The monoisotopic (exact) mass is 443 g/mol. The fourth-order valence-electron chi connectivity index (χ4n) is 2.75. The first-order chi connectivity index (χ1) is 14.8. The molecule has 2 heterocycles. The lowest BCUT2D eigenvalue weighted by molar-refractivity contribution is 0.0991. The van der Waals surface area contributed by atoms with Gasteiger partial charge in [-0.15, -0.1) is 16.4 Å². The number of carbonyl (C=O) groups is 2. The summed E-state index contributed by atoms with van der Waals surface area (Å²) in [5, 5.41) is 8.17. The lowest BCUT2D eigenvalue weighted by Gasteiger charge is -2.07. The maximum Gasteiger partial charge on any atom is 0.295 e. The number of halogens is 3. The second-order valence-electron chi connectivity index (χ2n) is 6.25. The Morgan fingerprint density at radius 2 is 1.77 bits per heavy atom. The molecule has 0 unspecified atom stereocenters. The summed E-state index contributed by atoms with van der Waals surface area (Å²) in [5.41, 5.74) is 4.46. The Morgan fingerprint density at radius 1 is 1.03 bits per heavy atom. The maximum atomic E-state index is 14.1. The predicted molar refractivity (Wildman–Crippen MR) is 107 cm³/mol. The minimum absolute atomic E-state index is 0.309. The van der Waals surface area contributed by atoms with E-state index in [0.717, 1.165) is 6.07 Å². The zero-order valence-corrected chi connectivity index (χ0v) is 16.3. The van der Waals surface area contributed by atoms with Crippen molar-refractivity contribution in [1.29, 1.82) is 0 Å². The summed E-state index contributed by atoms with van der Waals surface area (Å²) >= 11 is 1.34. The predicted octanol–water partition coefficient (Wildman–Crippen LogP) is 3.76. The van der Waals surface area contributed by atoms with Crippen LogP contribution in [0.5, 0.6) is 0 Å². The van der Waals surface area contributed by atoms with Crippen LogP contribution in [0, 0.1) is 17.5 Å². The second kappa shape index (κ2) is 8.03. The standard InChI is InChI=1S/C20H12F3N5O2S/c21-10-3-5-11(6-4-10)28-19(16-2-1-7-31-16)26-18(27-28)20(30)25-15-8-12(17(24)29)13(22)9-14(15)23/h1-9H,(H2,24,29)(H,25,30). The highest BCUT2D eigenvalue weighted by molar-refractivity contribution is 7.13. The van der Waals surface area contributed by atoms with Gasteiger partial charge < -0.3 is 11.1 Å². The molecule has 0 spiro atoms. The van der Waals surface area contributed by atoms with E-state index in [-0.39, 0.29) is 5.82 Å². The van der Waals surface area contributed by atoms with Crippen LogP contribution in [0.3, 0.4) is 0 Å². The molecule has 3 N–H and O–H groups in total. The van der Waals surface area contributed by atoms with E-state index in [1.165, 1.54) is 40.3 Å². The zero-order chi connectivity index (χ0) is 22.1. The van der Waals surface area contributed by atoms with Crippen LogP contribution in [-0.2, 0) is 0 Å². The van der Waals surface area contributed by atoms with Crippen LogP contribution in [0.2, 0.25) is 0 Å². The first-order valence-corrected chi connectivity index (χ1v) is 9.58. The molecule has 31 heavy (non-hydrogen) atoms. The van der Waals surface area contributed by atoms with Crippen LogP contribution >= 0.6 is 11.3 Å². The van der Waals surface area contributed by atoms with Gasteiger partial charge in [0.05, 0.1) is 21.8 Å². The van der Waals surface area contributed by atoms with E-state index in [1.54, 1.807) is 17.5 Å². The lowest BCUT2D eigenvalue weighted by Crippen LogP contribution is -2.18. The third-order valence-corrected chi connectivity index (χ3v) is 5.06. The van der Waals surface area contributed by atoms with E-state index in [2.05, 4.69) is 15.4 Å². The number of hydrogen-bond acceptors (Lipinski definition) is 5. The summed E-state index contributed by atoms with van der Waals surface area (Å²) in [5.74, 6) is -4.74. The molecule has 0 radical (unpaired) electrons. The quantitative estimate of drug-likeness (QED) is 0.490. The summed E-state index contributed by atoms with van der Waals surface area (Å²) in [6.45, 7) is 0. The van der Waals surface area contributed by atoms with Crippen molar-refractivity contribution in [1.82, 2.24) is 14.8 Å². The van der Waals surface area contributed by atoms with Gasteiger partial charge in [-0.2, -0.15) is 0 Å². The maximum absolute atomic E-state index is 14.1. The minimum Gasteiger partial charge on any atom is -0.366 e. The Hall–Kier alpha value is -3.99. The molecular weight excluding hydrogens is 431 g/mol. The van der Waals surface area contributed by atoms with Crippen LogP contribution in [0.25, 0.3) is 16.4 Å². The average Bonchev–Trinajstić information content (AvgIpc) is 3.40. The second-order valence-corrected chi connectivity index (χ2v) is 7.20. The zero-order valence-electron chi connectivity index (χ0n) is 15.5. The third-order valence-electron chi connectivity index (χ3n) is 4.19. The number of primary amides is 1. The Balaban J connectivity index is 1.73. The molecule has 0 fully saturated rings. The van der Waals surface area contributed by atoms with Crippen LogP contribution in [0.15, 0.2) is 53.9 Å². The number of nitrogens with zero attached hydrogens (tertiary/aromatic N) is 3. The van der Waals surface area contributed by atoms with Crippen molar-refractivity contribution in [2.75, 3.05) is 5.32 Å². The number of nitrogens with two attached hydrogens (primary N) is 1. The molecule has 4 rings (SSSR count).